The van der Waals surface area contributed by atoms with Gasteiger partial charge in [-0.3, -0.25) is 0 Å². The molecular weight excluding hydrogens is 132 g/mol. The second-order valence-electron chi connectivity index (χ2n) is 2.62. The van der Waals surface area contributed by atoms with Gasteiger partial charge in [-0.2, -0.15) is 0 Å². The number of ether oxygens (including phenoxy) is 3. The van der Waals surface area contributed by atoms with E-state index in [0.717, 1.165) is 0 Å². The number of rotatable bonds is 4. The Kier molecular flexibility index (Phi) is 2.28. The van der Waals surface area contributed by atoms with Gasteiger partial charge in [-0.25, -0.2) is 0 Å². The fourth-order valence-electron chi connectivity index (χ4n) is 0.796. The van der Waals surface area contributed by atoms with Gasteiger partial charge in [0.2, 0.25) is 0 Å². The molecule has 1 rings (SSSR count). The predicted octanol–water partition coefficient (Wildman–Crippen LogP) is 0.784. The summed E-state index contributed by atoms with van der Waals surface area (Å²) in [5, 5.41) is 0. The first-order chi connectivity index (χ1) is 4.69. The van der Waals surface area contributed by atoms with Crippen LogP contribution in [0.4, 0.5) is 0 Å². The Bertz CT molecular complexity index is 115. The van der Waals surface area contributed by atoms with Gasteiger partial charge in [-0.05, 0) is 13.8 Å². The van der Waals surface area contributed by atoms with Gasteiger partial charge < -0.3 is 14.2 Å². The summed E-state index contributed by atoms with van der Waals surface area (Å²) in [5.41, 5.74) is 0. The maximum atomic E-state index is 5.35. The summed E-state index contributed by atoms with van der Waals surface area (Å²) in [6.45, 7) is 5.17. The number of epoxide rings is 1. The predicted molar refractivity (Wildman–Crippen MR) is 36.8 cm³/mol. The molecule has 0 saturated carbocycles. The monoisotopic (exact) mass is 146 g/mol. The fourth-order valence-corrected chi connectivity index (χ4v) is 0.796. The van der Waals surface area contributed by atoms with Gasteiger partial charge in [0, 0.05) is 7.11 Å². The molecule has 0 N–H and O–H groups in total. The van der Waals surface area contributed by atoms with E-state index in [0.29, 0.717) is 13.2 Å². The van der Waals surface area contributed by atoms with E-state index in [-0.39, 0.29) is 11.9 Å². The zero-order chi connectivity index (χ0) is 7.61. The molecule has 2 unspecified atom stereocenters. The van der Waals surface area contributed by atoms with Crippen molar-refractivity contribution < 1.29 is 14.2 Å². The second-order valence-corrected chi connectivity index (χ2v) is 2.62. The van der Waals surface area contributed by atoms with Crippen molar-refractivity contribution in [3.63, 3.8) is 0 Å². The molecule has 3 heteroatoms. The lowest BCUT2D eigenvalue weighted by Crippen LogP contribution is -2.16. The smallest absolute Gasteiger partial charge is 0.192 e. The van der Waals surface area contributed by atoms with Crippen molar-refractivity contribution >= 4 is 0 Å². The van der Waals surface area contributed by atoms with Crippen molar-refractivity contribution in [2.75, 3.05) is 20.3 Å². The highest BCUT2D eigenvalue weighted by Gasteiger charge is 2.50. The molecule has 0 aliphatic carbocycles. The molecule has 1 aliphatic rings. The SMILES string of the molecule is COCCOC1(C)OC1C. The van der Waals surface area contributed by atoms with Crippen molar-refractivity contribution in [1.29, 1.82) is 0 Å². The lowest BCUT2D eigenvalue weighted by Gasteiger charge is -2.06. The van der Waals surface area contributed by atoms with Crippen LogP contribution < -0.4 is 0 Å². The third-order valence-corrected chi connectivity index (χ3v) is 1.77. The van der Waals surface area contributed by atoms with E-state index in [1.807, 2.05) is 13.8 Å². The Morgan fingerprint density at radius 1 is 1.50 bits per heavy atom. The lowest BCUT2D eigenvalue weighted by atomic mass is 10.3. The number of hydrogen-bond acceptors (Lipinski definition) is 3. The Labute approximate surface area is 61.3 Å². The average Bonchev–Trinajstić information content (AvgIpc) is 2.42. The van der Waals surface area contributed by atoms with Crippen LogP contribution in [0.25, 0.3) is 0 Å². The topological polar surface area (TPSA) is 31.0 Å². The van der Waals surface area contributed by atoms with Crippen molar-refractivity contribution in [2.45, 2.75) is 25.7 Å². The normalized spacial score (nSPS) is 38.1. The molecule has 0 spiro atoms. The zero-order valence-corrected chi connectivity index (χ0v) is 6.72. The quantitative estimate of drug-likeness (QED) is 0.434. The molecule has 1 fully saturated rings. The molecule has 0 aromatic carbocycles. The van der Waals surface area contributed by atoms with Gasteiger partial charge in [0.25, 0.3) is 0 Å². The number of hydrogen-bond donors (Lipinski definition) is 0. The number of methoxy groups -OCH3 is 1. The van der Waals surface area contributed by atoms with Crippen molar-refractivity contribution in [3.8, 4) is 0 Å². The molecule has 0 bridgehead atoms. The van der Waals surface area contributed by atoms with Gasteiger partial charge in [0.15, 0.2) is 5.79 Å². The molecule has 1 heterocycles. The molecule has 10 heavy (non-hydrogen) atoms. The second kappa shape index (κ2) is 2.86. The van der Waals surface area contributed by atoms with Crippen LogP contribution in [0.2, 0.25) is 0 Å². The van der Waals surface area contributed by atoms with Gasteiger partial charge in [0.1, 0.15) is 6.10 Å². The van der Waals surface area contributed by atoms with Crippen LogP contribution in [0.1, 0.15) is 13.8 Å². The van der Waals surface area contributed by atoms with E-state index in [4.69, 9.17) is 14.2 Å². The molecule has 0 amide bonds. The van der Waals surface area contributed by atoms with Crippen LogP contribution in [-0.4, -0.2) is 32.2 Å². The first-order valence-electron chi connectivity index (χ1n) is 3.50. The minimum Gasteiger partial charge on any atom is -0.382 e. The van der Waals surface area contributed by atoms with E-state index < -0.39 is 0 Å². The zero-order valence-electron chi connectivity index (χ0n) is 6.72. The van der Waals surface area contributed by atoms with Crippen LogP contribution in [0, 0.1) is 0 Å². The van der Waals surface area contributed by atoms with Gasteiger partial charge >= 0.3 is 0 Å². The average molecular weight is 146 g/mol. The fraction of sp³-hybridized carbons (Fsp3) is 1.00. The third kappa shape index (κ3) is 1.68. The summed E-state index contributed by atoms with van der Waals surface area (Å²) in [6.07, 6.45) is 0.240. The van der Waals surface area contributed by atoms with Crippen LogP contribution in [0.15, 0.2) is 0 Å². The minimum atomic E-state index is -0.321. The molecular formula is C7H14O3. The molecule has 2 atom stereocenters. The summed E-state index contributed by atoms with van der Waals surface area (Å²) in [4.78, 5) is 0. The summed E-state index contributed by atoms with van der Waals surface area (Å²) in [7, 11) is 1.66. The first kappa shape index (κ1) is 7.98. The molecule has 0 aromatic heterocycles. The Hall–Kier alpha value is -0.120. The summed E-state index contributed by atoms with van der Waals surface area (Å²) < 4.78 is 15.3. The van der Waals surface area contributed by atoms with E-state index in [1.54, 1.807) is 7.11 Å². The largest absolute Gasteiger partial charge is 0.382 e. The Balaban J connectivity index is 2.03. The van der Waals surface area contributed by atoms with Crippen molar-refractivity contribution in [1.82, 2.24) is 0 Å². The van der Waals surface area contributed by atoms with E-state index in [2.05, 4.69) is 0 Å². The summed E-state index contributed by atoms with van der Waals surface area (Å²) in [6, 6.07) is 0. The van der Waals surface area contributed by atoms with Crippen LogP contribution in [0.5, 0.6) is 0 Å². The molecule has 0 aromatic rings. The maximum Gasteiger partial charge on any atom is 0.192 e. The van der Waals surface area contributed by atoms with Gasteiger partial charge in [0.05, 0.1) is 13.2 Å². The maximum absolute atomic E-state index is 5.35. The van der Waals surface area contributed by atoms with Crippen LogP contribution in [-0.2, 0) is 14.2 Å². The molecule has 0 radical (unpaired) electrons. The van der Waals surface area contributed by atoms with E-state index in [1.165, 1.54) is 0 Å². The molecule has 3 nitrogen and oxygen atoms in total. The lowest BCUT2D eigenvalue weighted by molar-refractivity contribution is -0.0484. The third-order valence-electron chi connectivity index (χ3n) is 1.77. The van der Waals surface area contributed by atoms with Gasteiger partial charge in [-0.15, -0.1) is 0 Å². The highest BCUT2D eigenvalue weighted by Crippen LogP contribution is 2.36. The van der Waals surface area contributed by atoms with Crippen LogP contribution in [0.3, 0.4) is 0 Å². The molecule has 1 saturated heterocycles. The van der Waals surface area contributed by atoms with Crippen molar-refractivity contribution in [3.05, 3.63) is 0 Å². The Morgan fingerprint density at radius 3 is 2.50 bits per heavy atom. The summed E-state index contributed by atoms with van der Waals surface area (Å²) in [5.74, 6) is -0.321. The van der Waals surface area contributed by atoms with E-state index >= 15 is 0 Å². The summed E-state index contributed by atoms with van der Waals surface area (Å²) >= 11 is 0. The standard InChI is InChI=1S/C7H14O3/c1-6-7(2,10-6)9-5-4-8-3/h6H,4-5H2,1-3H3. The first-order valence-corrected chi connectivity index (χ1v) is 3.50. The van der Waals surface area contributed by atoms with E-state index in [9.17, 15) is 0 Å². The van der Waals surface area contributed by atoms with Crippen molar-refractivity contribution in [2.24, 2.45) is 0 Å². The minimum absolute atomic E-state index is 0.240. The highest BCUT2D eigenvalue weighted by molar-refractivity contribution is 4.86. The Morgan fingerprint density at radius 2 is 2.10 bits per heavy atom. The van der Waals surface area contributed by atoms with Crippen LogP contribution >= 0.6 is 0 Å². The molecule has 1 aliphatic heterocycles. The molecule has 60 valence electrons. The van der Waals surface area contributed by atoms with Gasteiger partial charge in [-0.1, -0.05) is 0 Å². The highest BCUT2D eigenvalue weighted by atomic mass is 16.8.